The number of imidazole rings is 1. The first-order valence-electron chi connectivity index (χ1n) is 8.28. The molecule has 13 heteroatoms. The van der Waals surface area contributed by atoms with Gasteiger partial charge in [-0.05, 0) is 23.8 Å². The zero-order valence-corrected chi connectivity index (χ0v) is 17.2. The van der Waals surface area contributed by atoms with Crippen LogP contribution in [0.2, 0.25) is 0 Å². The van der Waals surface area contributed by atoms with Crippen LogP contribution in [0.25, 0.3) is 11.0 Å². The Morgan fingerprint density at radius 2 is 2.00 bits per heavy atom. The SMILES string of the molecule is CS(=O)(=O)c1cc(C(=O)N=C(N)N)ccc1CSc1nc2ccc([N+](=O)[O-])cc2[nH]1. The maximum Gasteiger partial charge on any atom is 0.280 e. The third kappa shape index (κ3) is 4.75. The van der Waals surface area contributed by atoms with Crippen LogP contribution in [0.3, 0.4) is 0 Å². The number of non-ortho nitro benzene ring substituents is 1. The van der Waals surface area contributed by atoms with Crippen molar-refractivity contribution in [3.8, 4) is 0 Å². The van der Waals surface area contributed by atoms with E-state index in [1.807, 2.05) is 0 Å². The van der Waals surface area contributed by atoms with Gasteiger partial charge in [-0.25, -0.2) is 13.4 Å². The molecule has 0 saturated heterocycles. The number of hydrogen-bond acceptors (Lipinski definition) is 7. The molecule has 0 aliphatic carbocycles. The molecule has 0 bridgehead atoms. The van der Waals surface area contributed by atoms with Gasteiger partial charge in [0.2, 0.25) is 0 Å². The van der Waals surface area contributed by atoms with Crippen LogP contribution in [0.5, 0.6) is 0 Å². The van der Waals surface area contributed by atoms with Crippen molar-refractivity contribution in [3.05, 3.63) is 57.6 Å². The number of fused-ring (bicyclic) bond motifs is 1. The normalized spacial score (nSPS) is 11.4. The molecule has 0 spiro atoms. The molecule has 0 fully saturated rings. The fraction of sp³-hybridized carbons (Fsp3) is 0.118. The number of H-pyrrole nitrogens is 1. The van der Waals surface area contributed by atoms with E-state index in [-0.39, 0.29) is 21.9 Å². The number of aliphatic imine (C=N–C) groups is 1. The molecule has 0 aliphatic heterocycles. The first-order chi connectivity index (χ1) is 14.0. The summed E-state index contributed by atoms with van der Waals surface area (Å²) in [6.07, 6.45) is 1.03. The minimum absolute atomic E-state index is 0.0293. The van der Waals surface area contributed by atoms with E-state index in [1.54, 1.807) is 0 Å². The highest BCUT2D eigenvalue weighted by Crippen LogP contribution is 2.28. The Labute approximate surface area is 174 Å². The fourth-order valence-electron chi connectivity index (χ4n) is 2.64. The van der Waals surface area contributed by atoms with E-state index >= 15 is 0 Å². The molecule has 11 nitrogen and oxygen atoms in total. The minimum atomic E-state index is -3.64. The van der Waals surface area contributed by atoms with Crippen molar-refractivity contribution in [1.82, 2.24) is 9.97 Å². The Kier molecular flexibility index (Phi) is 5.75. The standard InChI is InChI=1S/C17H16N6O5S2/c1-30(27,28)14-6-9(15(24)22-16(18)19)2-3-10(14)8-29-17-20-12-5-4-11(23(25)26)7-13(12)21-17/h2-7H,8H2,1H3,(H,20,21)(H4,18,19,22,24). The number of nitro groups is 1. The number of benzene rings is 2. The maximum atomic E-state index is 12.2. The molecule has 5 N–H and O–H groups in total. The summed E-state index contributed by atoms with van der Waals surface area (Å²) in [6, 6.07) is 8.42. The van der Waals surface area contributed by atoms with Gasteiger partial charge in [0.1, 0.15) is 0 Å². The molecule has 1 aromatic heterocycles. The summed E-state index contributed by atoms with van der Waals surface area (Å²) in [5.41, 5.74) is 11.8. The van der Waals surface area contributed by atoms with Gasteiger partial charge < -0.3 is 16.5 Å². The van der Waals surface area contributed by atoms with E-state index < -0.39 is 26.6 Å². The molecule has 0 atom stereocenters. The number of amides is 1. The molecule has 0 radical (unpaired) electrons. The van der Waals surface area contributed by atoms with Gasteiger partial charge in [-0.3, -0.25) is 14.9 Å². The molecular weight excluding hydrogens is 432 g/mol. The molecule has 156 valence electrons. The average molecular weight is 448 g/mol. The molecule has 3 rings (SSSR count). The van der Waals surface area contributed by atoms with Gasteiger partial charge in [-0.2, -0.15) is 4.99 Å². The van der Waals surface area contributed by atoms with Crippen molar-refractivity contribution < 1.29 is 18.1 Å². The number of aromatic amines is 1. The van der Waals surface area contributed by atoms with E-state index in [1.165, 1.54) is 48.2 Å². The van der Waals surface area contributed by atoms with Gasteiger partial charge in [0, 0.05) is 29.7 Å². The summed E-state index contributed by atoms with van der Waals surface area (Å²) in [5, 5.41) is 11.4. The second-order valence-corrected chi connectivity index (χ2v) is 9.17. The smallest absolute Gasteiger partial charge is 0.280 e. The predicted molar refractivity (Wildman–Crippen MR) is 112 cm³/mol. The van der Waals surface area contributed by atoms with Gasteiger partial charge in [-0.15, -0.1) is 0 Å². The molecule has 0 aliphatic rings. The third-order valence-corrected chi connectivity index (χ3v) is 6.06. The number of carbonyl (C=O) groups excluding carboxylic acids is 1. The first kappa shape index (κ1) is 21.3. The van der Waals surface area contributed by atoms with Crippen molar-refractivity contribution in [2.24, 2.45) is 16.5 Å². The van der Waals surface area contributed by atoms with E-state index in [9.17, 15) is 23.3 Å². The van der Waals surface area contributed by atoms with Gasteiger partial charge >= 0.3 is 0 Å². The zero-order chi connectivity index (χ0) is 22.1. The molecule has 1 heterocycles. The summed E-state index contributed by atoms with van der Waals surface area (Å²) in [7, 11) is -3.64. The number of sulfone groups is 1. The van der Waals surface area contributed by atoms with Crippen LogP contribution in [0.15, 0.2) is 51.4 Å². The Morgan fingerprint density at radius 1 is 1.27 bits per heavy atom. The Balaban J connectivity index is 1.89. The number of hydrogen-bond donors (Lipinski definition) is 3. The zero-order valence-electron chi connectivity index (χ0n) is 15.5. The number of thioether (sulfide) groups is 1. The van der Waals surface area contributed by atoms with E-state index in [2.05, 4.69) is 15.0 Å². The lowest BCUT2D eigenvalue weighted by atomic mass is 10.1. The van der Waals surface area contributed by atoms with E-state index in [0.717, 1.165) is 6.26 Å². The Morgan fingerprint density at radius 3 is 2.63 bits per heavy atom. The van der Waals surface area contributed by atoms with Crippen LogP contribution in [-0.4, -0.2) is 41.4 Å². The lowest BCUT2D eigenvalue weighted by Crippen LogP contribution is -2.24. The molecular formula is C17H16N6O5S2. The van der Waals surface area contributed by atoms with E-state index in [0.29, 0.717) is 21.8 Å². The topological polar surface area (TPSA) is 187 Å². The second-order valence-electron chi connectivity index (χ2n) is 6.23. The number of nitro benzene ring substituents is 1. The number of guanidine groups is 1. The van der Waals surface area contributed by atoms with Crippen molar-refractivity contribution in [2.75, 3.05) is 6.26 Å². The summed E-state index contributed by atoms with van der Waals surface area (Å²) in [4.78, 5) is 33.1. The van der Waals surface area contributed by atoms with Crippen molar-refractivity contribution >= 4 is 50.2 Å². The van der Waals surface area contributed by atoms with Gasteiger partial charge in [0.05, 0.1) is 20.9 Å². The largest absolute Gasteiger partial charge is 0.370 e. The number of rotatable bonds is 6. The second kappa shape index (κ2) is 8.12. The highest BCUT2D eigenvalue weighted by Gasteiger charge is 2.18. The molecule has 2 aromatic carbocycles. The molecule has 30 heavy (non-hydrogen) atoms. The first-order valence-corrected chi connectivity index (χ1v) is 11.2. The fourth-order valence-corrected chi connectivity index (χ4v) is 4.57. The van der Waals surface area contributed by atoms with Crippen molar-refractivity contribution in [1.29, 1.82) is 0 Å². The Bertz CT molecular complexity index is 1300. The van der Waals surface area contributed by atoms with Crippen LogP contribution < -0.4 is 11.5 Å². The van der Waals surface area contributed by atoms with Crippen LogP contribution in [0.1, 0.15) is 15.9 Å². The number of aromatic nitrogens is 2. The molecule has 0 saturated carbocycles. The molecule has 1 amide bonds. The lowest BCUT2D eigenvalue weighted by molar-refractivity contribution is -0.384. The summed E-state index contributed by atoms with van der Waals surface area (Å²) < 4.78 is 24.4. The van der Waals surface area contributed by atoms with Crippen molar-refractivity contribution in [3.63, 3.8) is 0 Å². The van der Waals surface area contributed by atoms with Gasteiger partial charge in [0.15, 0.2) is 21.0 Å². The Hall–Kier alpha value is -3.45. The number of nitrogens with one attached hydrogen (secondary N) is 1. The quantitative estimate of drug-likeness (QED) is 0.165. The van der Waals surface area contributed by atoms with Crippen LogP contribution >= 0.6 is 11.8 Å². The van der Waals surface area contributed by atoms with Crippen LogP contribution in [0, 0.1) is 10.1 Å². The van der Waals surface area contributed by atoms with Gasteiger partial charge in [0.25, 0.3) is 11.6 Å². The van der Waals surface area contributed by atoms with Crippen LogP contribution in [0.4, 0.5) is 5.69 Å². The number of nitrogens with two attached hydrogens (primary N) is 2. The summed E-state index contributed by atoms with van der Waals surface area (Å²) >= 11 is 1.22. The molecule has 3 aromatic rings. The lowest BCUT2D eigenvalue weighted by Gasteiger charge is -2.08. The van der Waals surface area contributed by atoms with Crippen LogP contribution in [-0.2, 0) is 15.6 Å². The number of nitrogens with zero attached hydrogens (tertiary/aromatic N) is 3. The predicted octanol–water partition coefficient (Wildman–Crippen LogP) is 1.58. The maximum absolute atomic E-state index is 12.2. The molecule has 0 unspecified atom stereocenters. The van der Waals surface area contributed by atoms with E-state index in [4.69, 9.17) is 11.5 Å². The van der Waals surface area contributed by atoms with Gasteiger partial charge in [-0.1, -0.05) is 17.8 Å². The minimum Gasteiger partial charge on any atom is -0.370 e. The van der Waals surface area contributed by atoms with Crippen molar-refractivity contribution in [2.45, 2.75) is 15.8 Å². The third-order valence-electron chi connectivity index (χ3n) is 3.96. The highest BCUT2D eigenvalue weighted by molar-refractivity contribution is 7.98. The monoisotopic (exact) mass is 448 g/mol. The average Bonchev–Trinajstić information content (AvgIpc) is 3.07. The summed E-state index contributed by atoms with van der Waals surface area (Å²) in [6.45, 7) is 0. The highest BCUT2D eigenvalue weighted by atomic mass is 32.2. The number of carbonyl (C=O) groups is 1. The summed E-state index contributed by atoms with van der Waals surface area (Å²) in [5.74, 6) is -0.954.